The van der Waals surface area contributed by atoms with Crippen molar-refractivity contribution in [1.29, 1.82) is 0 Å². The van der Waals surface area contributed by atoms with E-state index in [1.807, 2.05) is 0 Å². The third-order valence-electron chi connectivity index (χ3n) is 4.71. The van der Waals surface area contributed by atoms with Gasteiger partial charge in [0.2, 0.25) is 15.9 Å². The van der Waals surface area contributed by atoms with E-state index in [9.17, 15) is 13.2 Å². The van der Waals surface area contributed by atoms with Gasteiger partial charge < -0.3 is 5.32 Å². The molecule has 2 fully saturated rings. The smallest absolute Gasteiger partial charge is 0.223 e. The predicted molar refractivity (Wildman–Crippen MR) is 83.3 cm³/mol. The summed E-state index contributed by atoms with van der Waals surface area (Å²) in [4.78, 5) is 12.0. The zero-order valence-corrected chi connectivity index (χ0v) is 13.6. The molecule has 122 valence electrons. The Morgan fingerprint density at radius 1 is 0.952 bits per heavy atom. The Bertz CT molecular complexity index is 424. The Hall–Kier alpha value is -0.620. The first-order chi connectivity index (χ1) is 10.1. The van der Waals surface area contributed by atoms with Gasteiger partial charge in [-0.1, -0.05) is 32.1 Å². The lowest BCUT2D eigenvalue weighted by Gasteiger charge is -2.25. The first kappa shape index (κ1) is 16.7. The topological polar surface area (TPSA) is 75.3 Å². The van der Waals surface area contributed by atoms with Crippen LogP contribution in [-0.2, 0) is 14.8 Å². The van der Waals surface area contributed by atoms with Crippen molar-refractivity contribution in [2.75, 3.05) is 18.8 Å². The molecule has 0 aliphatic heterocycles. The number of amides is 1. The summed E-state index contributed by atoms with van der Waals surface area (Å²) in [6.07, 6.45) is 9.99. The van der Waals surface area contributed by atoms with Crippen molar-refractivity contribution in [2.24, 2.45) is 11.8 Å². The molecule has 0 heterocycles. The SMILES string of the molecule is O=C(NCCS(=O)(=O)NCC1CCC1)C1CCCCCC1. The highest BCUT2D eigenvalue weighted by atomic mass is 32.2. The molecule has 0 aromatic heterocycles. The highest BCUT2D eigenvalue weighted by molar-refractivity contribution is 7.89. The highest BCUT2D eigenvalue weighted by Gasteiger charge is 2.22. The largest absolute Gasteiger partial charge is 0.355 e. The summed E-state index contributed by atoms with van der Waals surface area (Å²) >= 11 is 0. The molecule has 0 saturated heterocycles. The van der Waals surface area contributed by atoms with E-state index in [0.29, 0.717) is 12.5 Å². The second kappa shape index (κ2) is 8.13. The van der Waals surface area contributed by atoms with E-state index in [2.05, 4.69) is 10.0 Å². The summed E-state index contributed by atoms with van der Waals surface area (Å²) in [7, 11) is -3.25. The van der Waals surface area contributed by atoms with Crippen molar-refractivity contribution in [3.05, 3.63) is 0 Å². The Morgan fingerprint density at radius 2 is 1.62 bits per heavy atom. The first-order valence-corrected chi connectivity index (χ1v) is 9.97. The molecular weight excluding hydrogens is 288 g/mol. The van der Waals surface area contributed by atoms with Crippen LogP contribution in [0.15, 0.2) is 0 Å². The van der Waals surface area contributed by atoms with E-state index in [1.54, 1.807) is 0 Å². The molecule has 0 aromatic carbocycles. The molecule has 0 bridgehead atoms. The van der Waals surface area contributed by atoms with Gasteiger partial charge in [0, 0.05) is 19.0 Å². The Kier molecular flexibility index (Phi) is 6.48. The van der Waals surface area contributed by atoms with E-state index in [1.165, 1.54) is 19.3 Å². The van der Waals surface area contributed by atoms with E-state index < -0.39 is 10.0 Å². The maximum atomic E-state index is 12.0. The van der Waals surface area contributed by atoms with Gasteiger partial charge in [0.25, 0.3) is 0 Å². The third-order valence-corrected chi connectivity index (χ3v) is 6.06. The summed E-state index contributed by atoms with van der Waals surface area (Å²) in [6.45, 7) is 0.772. The Morgan fingerprint density at radius 3 is 2.19 bits per heavy atom. The molecule has 5 nitrogen and oxygen atoms in total. The van der Waals surface area contributed by atoms with Crippen molar-refractivity contribution in [3.63, 3.8) is 0 Å². The monoisotopic (exact) mass is 316 g/mol. The lowest BCUT2D eigenvalue weighted by molar-refractivity contribution is -0.125. The molecular formula is C15H28N2O3S. The first-order valence-electron chi connectivity index (χ1n) is 8.32. The van der Waals surface area contributed by atoms with Crippen molar-refractivity contribution >= 4 is 15.9 Å². The minimum atomic E-state index is -3.25. The van der Waals surface area contributed by atoms with E-state index >= 15 is 0 Å². The molecule has 2 aliphatic rings. The fourth-order valence-corrected chi connectivity index (χ4v) is 4.01. The van der Waals surface area contributed by atoms with Gasteiger partial charge in [-0.25, -0.2) is 13.1 Å². The standard InChI is InChI=1S/C15H28N2O3S/c18-15(14-8-3-1-2-4-9-14)16-10-11-21(19,20)17-12-13-6-5-7-13/h13-14,17H,1-12H2,(H,16,18). The van der Waals surface area contributed by atoms with E-state index in [4.69, 9.17) is 0 Å². The average molecular weight is 316 g/mol. The second-order valence-corrected chi connectivity index (χ2v) is 8.37. The number of sulfonamides is 1. The Labute approximate surface area is 128 Å². The average Bonchev–Trinajstić information content (AvgIpc) is 2.65. The van der Waals surface area contributed by atoms with Gasteiger partial charge in [0.05, 0.1) is 5.75 Å². The van der Waals surface area contributed by atoms with Crippen molar-refractivity contribution in [1.82, 2.24) is 10.0 Å². The number of hydrogen-bond acceptors (Lipinski definition) is 3. The van der Waals surface area contributed by atoms with E-state index in [0.717, 1.165) is 38.5 Å². The summed E-state index contributed by atoms with van der Waals surface area (Å²) in [5.74, 6) is 0.614. The van der Waals surface area contributed by atoms with Crippen molar-refractivity contribution in [2.45, 2.75) is 57.8 Å². The molecule has 0 aromatic rings. The summed E-state index contributed by atoms with van der Waals surface area (Å²) in [6, 6.07) is 0. The van der Waals surface area contributed by atoms with Gasteiger partial charge in [-0.2, -0.15) is 0 Å². The normalized spacial score (nSPS) is 21.5. The van der Waals surface area contributed by atoms with Crippen LogP contribution in [0.25, 0.3) is 0 Å². The molecule has 1 amide bonds. The fourth-order valence-electron chi connectivity index (χ4n) is 3.01. The zero-order chi connectivity index (χ0) is 15.1. The van der Waals surface area contributed by atoms with Gasteiger partial charge >= 0.3 is 0 Å². The van der Waals surface area contributed by atoms with Crippen LogP contribution in [0, 0.1) is 11.8 Å². The molecule has 2 saturated carbocycles. The van der Waals surface area contributed by atoms with Crippen LogP contribution >= 0.6 is 0 Å². The quantitative estimate of drug-likeness (QED) is 0.703. The van der Waals surface area contributed by atoms with Gasteiger partial charge in [0.1, 0.15) is 0 Å². The maximum absolute atomic E-state index is 12.0. The maximum Gasteiger partial charge on any atom is 0.223 e. The molecule has 0 unspecified atom stereocenters. The van der Waals surface area contributed by atoms with E-state index in [-0.39, 0.29) is 24.1 Å². The van der Waals surface area contributed by atoms with Crippen molar-refractivity contribution < 1.29 is 13.2 Å². The minimum absolute atomic E-state index is 0.0157. The van der Waals surface area contributed by atoms with Crippen LogP contribution in [0.4, 0.5) is 0 Å². The Balaban J connectivity index is 1.63. The van der Waals surface area contributed by atoms with Gasteiger partial charge in [-0.15, -0.1) is 0 Å². The van der Waals surface area contributed by atoms with Crippen LogP contribution in [0.1, 0.15) is 57.8 Å². The number of nitrogens with one attached hydrogen (secondary N) is 2. The highest BCUT2D eigenvalue weighted by Crippen LogP contribution is 2.25. The minimum Gasteiger partial charge on any atom is -0.355 e. The van der Waals surface area contributed by atoms with Gasteiger partial charge in [0.15, 0.2) is 0 Å². The molecule has 0 spiro atoms. The molecule has 2 rings (SSSR count). The number of hydrogen-bond donors (Lipinski definition) is 2. The lowest BCUT2D eigenvalue weighted by Crippen LogP contribution is -2.39. The molecule has 0 radical (unpaired) electrons. The fraction of sp³-hybridized carbons (Fsp3) is 0.933. The van der Waals surface area contributed by atoms with Crippen LogP contribution in [0.2, 0.25) is 0 Å². The molecule has 2 N–H and O–H groups in total. The molecule has 2 aliphatic carbocycles. The van der Waals surface area contributed by atoms with Crippen LogP contribution in [0.3, 0.4) is 0 Å². The van der Waals surface area contributed by atoms with Crippen molar-refractivity contribution in [3.8, 4) is 0 Å². The number of carbonyl (C=O) groups is 1. The van der Waals surface area contributed by atoms with Crippen LogP contribution in [-0.4, -0.2) is 33.2 Å². The van der Waals surface area contributed by atoms with Gasteiger partial charge in [-0.3, -0.25) is 4.79 Å². The molecule has 0 atom stereocenters. The molecule has 21 heavy (non-hydrogen) atoms. The van der Waals surface area contributed by atoms with Gasteiger partial charge in [-0.05, 0) is 31.6 Å². The third kappa shape index (κ3) is 5.94. The number of carbonyl (C=O) groups excluding carboxylic acids is 1. The van der Waals surface area contributed by atoms with Crippen LogP contribution in [0.5, 0.6) is 0 Å². The molecule has 6 heteroatoms. The van der Waals surface area contributed by atoms with Crippen LogP contribution < -0.4 is 10.0 Å². The number of rotatable bonds is 7. The summed E-state index contributed by atoms with van der Waals surface area (Å²) in [5, 5.41) is 2.79. The summed E-state index contributed by atoms with van der Waals surface area (Å²) < 4.78 is 26.3. The zero-order valence-electron chi connectivity index (χ0n) is 12.8. The predicted octanol–water partition coefficient (Wildman–Crippen LogP) is 1.79. The second-order valence-electron chi connectivity index (χ2n) is 6.44. The lowest BCUT2D eigenvalue weighted by atomic mass is 9.86. The summed E-state index contributed by atoms with van der Waals surface area (Å²) in [5.41, 5.74) is 0.